The minimum atomic E-state index is -0.649. The van der Waals surface area contributed by atoms with Crippen LogP contribution in [0.4, 0.5) is 0 Å². The molecule has 0 aliphatic rings. The topological polar surface area (TPSA) is 34.1 Å². The van der Waals surface area contributed by atoms with Gasteiger partial charge in [0, 0.05) is 0 Å². The molecule has 0 aliphatic heterocycles. The number of hydrogen-bond donors (Lipinski definition) is 0. The average molecular weight is 170 g/mol. The van der Waals surface area contributed by atoms with Crippen LogP contribution in [0.1, 0.15) is 20.8 Å². The van der Waals surface area contributed by atoms with E-state index in [4.69, 9.17) is 0 Å². The van der Waals surface area contributed by atoms with Crippen molar-refractivity contribution in [2.45, 2.75) is 26.3 Å². The molecule has 0 aliphatic carbocycles. The van der Waals surface area contributed by atoms with Gasteiger partial charge in [0.2, 0.25) is 0 Å². The lowest BCUT2D eigenvalue weighted by atomic mass is 10.2. The molecule has 0 spiro atoms. The van der Waals surface area contributed by atoms with Gasteiger partial charge in [0.1, 0.15) is 11.6 Å². The second-order valence-electron chi connectivity index (χ2n) is 2.58. The molecule has 2 nitrogen and oxygen atoms in total. The number of Topliss-reactive ketones (excluding diaryl/α,β-unsaturated/α-hetero) is 2. The van der Waals surface area contributed by atoms with Crippen molar-refractivity contribution >= 4 is 21.1 Å². The summed E-state index contributed by atoms with van der Waals surface area (Å²) in [7, 11) is -0.649. The smallest absolute Gasteiger partial charge is 0.137 e. The van der Waals surface area contributed by atoms with Crippen molar-refractivity contribution in [2.24, 2.45) is 0 Å². The summed E-state index contributed by atoms with van der Waals surface area (Å²) in [4.78, 5) is 21.7. The maximum Gasteiger partial charge on any atom is 0.137 e. The molecule has 0 saturated carbocycles. The van der Waals surface area contributed by atoms with Gasteiger partial charge in [-0.1, -0.05) is 6.08 Å². The molecular weight excluding hydrogens is 156 g/mol. The number of rotatable bonds is 4. The van der Waals surface area contributed by atoms with E-state index in [2.05, 4.69) is 0 Å². The van der Waals surface area contributed by atoms with E-state index in [0.29, 0.717) is 0 Å². The normalized spacial score (nSPS) is 12.0. The molecule has 0 rings (SSSR count). The van der Waals surface area contributed by atoms with E-state index < -0.39 is 9.52 Å². The van der Waals surface area contributed by atoms with Crippen LogP contribution in [0.2, 0.25) is 5.54 Å². The molecule has 0 saturated heterocycles. The molecule has 0 atom stereocenters. The Balaban J connectivity index is 4.12. The van der Waals surface area contributed by atoms with Crippen LogP contribution in [-0.4, -0.2) is 21.1 Å². The second kappa shape index (κ2) is 5.01. The molecule has 11 heavy (non-hydrogen) atoms. The molecular formula is C8H14O2Si. The number of carbonyl (C=O) groups is 2. The van der Waals surface area contributed by atoms with Crippen LogP contribution in [0.25, 0.3) is 0 Å². The monoisotopic (exact) mass is 170 g/mol. The summed E-state index contributed by atoms with van der Waals surface area (Å²) in [6.07, 6.45) is 1.91. The first kappa shape index (κ1) is 10.3. The number of hydrogen-bond acceptors (Lipinski definition) is 2. The van der Waals surface area contributed by atoms with Crippen LogP contribution in [0.15, 0.2) is 11.8 Å². The maximum atomic E-state index is 10.9. The Morgan fingerprint density at radius 1 is 1.27 bits per heavy atom. The van der Waals surface area contributed by atoms with E-state index in [1.165, 1.54) is 13.8 Å². The van der Waals surface area contributed by atoms with Gasteiger partial charge < -0.3 is 0 Å². The quantitative estimate of drug-likeness (QED) is 0.459. The Morgan fingerprint density at radius 2 is 1.73 bits per heavy atom. The predicted octanol–water partition coefficient (Wildman–Crippen LogP) is 0.655. The first-order chi connectivity index (χ1) is 5.09. The van der Waals surface area contributed by atoms with Crippen molar-refractivity contribution in [1.29, 1.82) is 0 Å². The largest absolute Gasteiger partial charge is 0.300 e. The van der Waals surface area contributed by atoms with Gasteiger partial charge in [-0.25, -0.2) is 0 Å². The van der Waals surface area contributed by atoms with Crippen molar-refractivity contribution in [3.05, 3.63) is 11.8 Å². The fraction of sp³-hybridized carbons (Fsp3) is 0.500. The van der Waals surface area contributed by atoms with Gasteiger partial charge in [-0.3, -0.25) is 9.59 Å². The van der Waals surface area contributed by atoms with Crippen LogP contribution in [0.3, 0.4) is 0 Å². The van der Waals surface area contributed by atoms with Crippen LogP contribution in [-0.2, 0) is 9.59 Å². The molecule has 0 aromatic carbocycles. The minimum Gasteiger partial charge on any atom is -0.300 e. The van der Waals surface area contributed by atoms with Gasteiger partial charge in [-0.2, -0.15) is 0 Å². The Bertz CT molecular complexity index is 171. The molecule has 0 N–H and O–H groups in total. The lowest BCUT2D eigenvalue weighted by molar-refractivity contribution is -0.124. The molecule has 0 unspecified atom stereocenters. The maximum absolute atomic E-state index is 10.9. The average Bonchev–Trinajstić information content (AvgIpc) is 1.87. The standard InChI is InChI=1S/C8H14O2Si/c1-4-5-11-8(6(2)9)7(3)10/h4-5,8H,11H2,1-3H3/b5-4-. The van der Waals surface area contributed by atoms with E-state index in [9.17, 15) is 9.59 Å². The molecule has 0 heterocycles. The highest BCUT2D eigenvalue weighted by Crippen LogP contribution is 2.05. The summed E-state index contributed by atoms with van der Waals surface area (Å²) in [6, 6.07) is 0. The van der Waals surface area contributed by atoms with E-state index in [-0.39, 0.29) is 17.1 Å². The molecule has 0 fully saturated rings. The van der Waals surface area contributed by atoms with Gasteiger partial charge >= 0.3 is 0 Å². The SMILES string of the molecule is C/C=C\[SiH2]C(C(C)=O)C(C)=O. The van der Waals surface area contributed by atoms with E-state index in [1.807, 2.05) is 18.7 Å². The number of ketones is 2. The number of allylic oxidation sites excluding steroid dienone is 1. The Hall–Kier alpha value is -0.703. The molecule has 0 bridgehead atoms. The number of carbonyl (C=O) groups excluding carboxylic acids is 2. The van der Waals surface area contributed by atoms with Crippen LogP contribution in [0.5, 0.6) is 0 Å². The Kier molecular flexibility index (Phi) is 4.69. The van der Waals surface area contributed by atoms with E-state index in [0.717, 1.165) is 0 Å². The van der Waals surface area contributed by atoms with Gasteiger partial charge in [-0.15, -0.1) is 5.70 Å². The van der Waals surface area contributed by atoms with Crippen molar-refractivity contribution in [3.8, 4) is 0 Å². The molecule has 62 valence electrons. The van der Waals surface area contributed by atoms with Crippen LogP contribution < -0.4 is 0 Å². The molecule has 3 heteroatoms. The van der Waals surface area contributed by atoms with Gasteiger partial charge in [0.15, 0.2) is 0 Å². The van der Waals surface area contributed by atoms with Crippen molar-refractivity contribution in [1.82, 2.24) is 0 Å². The third-order valence-corrected chi connectivity index (χ3v) is 3.95. The third kappa shape index (κ3) is 3.88. The van der Waals surface area contributed by atoms with Crippen molar-refractivity contribution in [3.63, 3.8) is 0 Å². The lowest BCUT2D eigenvalue weighted by Crippen LogP contribution is -2.18. The first-order valence-electron chi connectivity index (χ1n) is 3.71. The molecule has 0 aromatic rings. The summed E-state index contributed by atoms with van der Waals surface area (Å²) in [5.41, 5.74) is 1.69. The van der Waals surface area contributed by atoms with Crippen LogP contribution >= 0.6 is 0 Å². The second-order valence-corrected chi connectivity index (χ2v) is 4.34. The zero-order valence-corrected chi connectivity index (χ0v) is 8.67. The summed E-state index contributed by atoms with van der Waals surface area (Å²) >= 11 is 0. The predicted molar refractivity (Wildman–Crippen MR) is 48.5 cm³/mol. The third-order valence-electron chi connectivity index (χ3n) is 1.59. The van der Waals surface area contributed by atoms with E-state index >= 15 is 0 Å². The lowest BCUT2D eigenvalue weighted by Gasteiger charge is -2.04. The highest BCUT2D eigenvalue weighted by atomic mass is 28.2. The molecule has 0 amide bonds. The Labute approximate surface area is 69.5 Å². The first-order valence-corrected chi connectivity index (χ1v) is 5.35. The summed E-state index contributed by atoms with van der Waals surface area (Å²) in [6.45, 7) is 4.88. The van der Waals surface area contributed by atoms with E-state index in [1.54, 1.807) is 0 Å². The van der Waals surface area contributed by atoms with Gasteiger partial charge in [-0.05, 0) is 20.8 Å². The summed E-state index contributed by atoms with van der Waals surface area (Å²) in [5.74, 6) is 0.0320. The fourth-order valence-corrected chi connectivity index (χ4v) is 2.10. The highest BCUT2D eigenvalue weighted by Gasteiger charge is 2.17. The van der Waals surface area contributed by atoms with Gasteiger partial charge in [0.05, 0.1) is 15.1 Å². The zero-order chi connectivity index (χ0) is 8.85. The fourth-order valence-electron chi connectivity index (χ4n) is 0.890. The summed E-state index contributed by atoms with van der Waals surface area (Å²) < 4.78 is 0. The van der Waals surface area contributed by atoms with Crippen molar-refractivity contribution < 1.29 is 9.59 Å². The zero-order valence-electron chi connectivity index (χ0n) is 7.26. The van der Waals surface area contributed by atoms with Gasteiger partial charge in [0.25, 0.3) is 0 Å². The van der Waals surface area contributed by atoms with Crippen LogP contribution in [0, 0.1) is 0 Å². The summed E-state index contributed by atoms with van der Waals surface area (Å²) in [5, 5.41) is 0. The highest BCUT2D eigenvalue weighted by molar-refractivity contribution is 6.56. The minimum absolute atomic E-state index is 0.0160. The molecule has 0 radical (unpaired) electrons. The van der Waals surface area contributed by atoms with Crippen molar-refractivity contribution in [2.75, 3.05) is 0 Å². The Morgan fingerprint density at radius 3 is 2.00 bits per heavy atom. The molecule has 0 aromatic heterocycles.